The average molecular weight is 502 g/mol. The van der Waals surface area contributed by atoms with Crippen molar-refractivity contribution in [2.45, 2.75) is 82.7 Å². The molecule has 1 N–H and O–H groups in total. The van der Waals surface area contributed by atoms with Gasteiger partial charge in [0, 0.05) is 34.8 Å². The Morgan fingerprint density at radius 2 is 1.84 bits per heavy atom. The predicted molar refractivity (Wildman–Crippen MR) is 139 cm³/mol. The van der Waals surface area contributed by atoms with Crippen LogP contribution >= 0.6 is 0 Å². The SMILES string of the molecule is CC1C2CCc3c(OC4CCCC4)nc(-c4cc(CO)nc5ccccc45)nc3C2CCC12OCCO2. The maximum absolute atomic E-state index is 9.94. The van der Waals surface area contributed by atoms with E-state index in [1.54, 1.807) is 0 Å². The highest BCUT2D eigenvalue weighted by atomic mass is 16.7. The normalized spacial score (nSPS) is 26.9. The molecule has 4 aliphatic rings. The fourth-order valence-electron chi connectivity index (χ4n) is 7.35. The molecule has 0 amide bonds. The van der Waals surface area contributed by atoms with Crippen molar-refractivity contribution in [2.75, 3.05) is 13.2 Å². The monoisotopic (exact) mass is 501 g/mol. The minimum absolute atomic E-state index is 0.126. The molecule has 1 saturated heterocycles. The average Bonchev–Trinajstić information content (AvgIpc) is 3.63. The molecule has 0 bridgehead atoms. The second-order valence-corrected chi connectivity index (χ2v) is 11.2. The number of nitrogens with zero attached hydrogens (tertiary/aromatic N) is 3. The molecule has 3 fully saturated rings. The van der Waals surface area contributed by atoms with E-state index in [0.717, 1.165) is 66.6 Å². The summed E-state index contributed by atoms with van der Waals surface area (Å²) < 4.78 is 19.0. The van der Waals surface area contributed by atoms with Crippen LogP contribution in [0.25, 0.3) is 22.3 Å². The fourth-order valence-corrected chi connectivity index (χ4v) is 7.35. The van der Waals surface area contributed by atoms with Gasteiger partial charge in [-0.2, -0.15) is 4.98 Å². The molecule has 1 aliphatic heterocycles. The van der Waals surface area contributed by atoms with Gasteiger partial charge in [-0.15, -0.1) is 0 Å². The first-order valence-corrected chi connectivity index (χ1v) is 14.0. The zero-order valence-electron chi connectivity index (χ0n) is 21.5. The number of ether oxygens (including phenoxy) is 3. The zero-order chi connectivity index (χ0) is 25.0. The number of pyridine rings is 1. The topological polar surface area (TPSA) is 86.6 Å². The van der Waals surface area contributed by atoms with Gasteiger partial charge in [0.05, 0.1) is 36.7 Å². The standard InChI is InChI=1S/C30H35N3O4/c1-18-21-10-11-24-27(23(21)12-13-30(18)35-14-15-36-30)32-28(33-29(24)37-20-6-2-3-7-20)25-16-19(17-34)31-26-9-5-4-8-22(25)26/h4-5,8-9,16,18,20-21,23,34H,2-3,6-7,10-15,17H2,1H3. The largest absolute Gasteiger partial charge is 0.474 e. The van der Waals surface area contributed by atoms with Crippen LogP contribution in [0.15, 0.2) is 30.3 Å². The number of rotatable bonds is 4. The Bertz CT molecular complexity index is 1320. The molecule has 7 nitrogen and oxygen atoms in total. The maximum Gasteiger partial charge on any atom is 0.220 e. The third kappa shape index (κ3) is 3.94. The van der Waals surface area contributed by atoms with Gasteiger partial charge in [-0.25, -0.2) is 4.98 Å². The summed E-state index contributed by atoms with van der Waals surface area (Å²) >= 11 is 0. The maximum atomic E-state index is 9.94. The first-order chi connectivity index (χ1) is 18.1. The first kappa shape index (κ1) is 23.5. The smallest absolute Gasteiger partial charge is 0.220 e. The summed E-state index contributed by atoms with van der Waals surface area (Å²) in [4.78, 5) is 15.0. The van der Waals surface area contributed by atoms with Crippen LogP contribution in [-0.2, 0) is 22.5 Å². The number of hydrogen-bond acceptors (Lipinski definition) is 7. The number of aliphatic hydroxyl groups excluding tert-OH is 1. The molecule has 7 heteroatoms. The van der Waals surface area contributed by atoms with E-state index in [0.29, 0.717) is 42.5 Å². The third-order valence-corrected chi connectivity index (χ3v) is 9.27. The summed E-state index contributed by atoms with van der Waals surface area (Å²) in [6, 6.07) is 9.96. The number of hydrogen-bond donors (Lipinski definition) is 1. The third-order valence-electron chi connectivity index (χ3n) is 9.27. The van der Waals surface area contributed by atoms with E-state index < -0.39 is 5.79 Å². The van der Waals surface area contributed by atoms with E-state index >= 15 is 0 Å². The summed E-state index contributed by atoms with van der Waals surface area (Å²) in [5.41, 5.74) is 4.69. The molecule has 3 aromatic rings. The van der Waals surface area contributed by atoms with Crippen molar-refractivity contribution >= 4 is 10.9 Å². The highest BCUT2D eigenvalue weighted by Crippen LogP contribution is 2.54. The van der Waals surface area contributed by atoms with Gasteiger partial charge < -0.3 is 19.3 Å². The quantitative estimate of drug-likeness (QED) is 0.517. The Morgan fingerprint density at radius 1 is 1.03 bits per heavy atom. The number of aromatic nitrogens is 3. The Morgan fingerprint density at radius 3 is 2.65 bits per heavy atom. The van der Waals surface area contributed by atoms with Gasteiger partial charge in [-0.1, -0.05) is 25.1 Å². The molecule has 194 valence electrons. The van der Waals surface area contributed by atoms with Crippen molar-refractivity contribution in [1.29, 1.82) is 0 Å². The molecule has 3 aliphatic carbocycles. The van der Waals surface area contributed by atoms with Crippen LogP contribution in [0.2, 0.25) is 0 Å². The van der Waals surface area contributed by atoms with Crippen LogP contribution in [0.4, 0.5) is 0 Å². The van der Waals surface area contributed by atoms with Gasteiger partial charge in [-0.3, -0.25) is 4.98 Å². The summed E-state index contributed by atoms with van der Waals surface area (Å²) in [6.45, 7) is 3.55. The lowest BCUT2D eigenvalue weighted by molar-refractivity contribution is -0.226. The Hall–Kier alpha value is -2.61. The van der Waals surface area contributed by atoms with E-state index in [1.807, 2.05) is 24.3 Å². The van der Waals surface area contributed by atoms with Crippen LogP contribution < -0.4 is 4.74 Å². The molecular formula is C30H35N3O4. The summed E-state index contributed by atoms with van der Waals surface area (Å²) in [7, 11) is 0. The van der Waals surface area contributed by atoms with Crippen LogP contribution in [0.5, 0.6) is 5.88 Å². The zero-order valence-corrected chi connectivity index (χ0v) is 21.5. The van der Waals surface area contributed by atoms with Crippen molar-refractivity contribution < 1.29 is 19.3 Å². The molecule has 0 radical (unpaired) electrons. The molecule has 7 rings (SSSR count). The van der Waals surface area contributed by atoms with Crippen molar-refractivity contribution in [2.24, 2.45) is 11.8 Å². The predicted octanol–water partition coefficient (Wildman–Crippen LogP) is 5.32. The van der Waals surface area contributed by atoms with Crippen LogP contribution in [0.1, 0.15) is 74.7 Å². The number of benzene rings is 1. The molecule has 2 saturated carbocycles. The van der Waals surface area contributed by atoms with Gasteiger partial charge in [0.15, 0.2) is 11.6 Å². The molecule has 2 aromatic heterocycles. The van der Waals surface area contributed by atoms with E-state index in [9.17, 15) is 5.11 Å². The van der Waals surface area contributed by atoms with Gasteiger partial charge in [-0.05, 0) is 63.0 Å². The van der Waals surface area contributed by atoms with E-state index in [2.05, 4.69) is 18.0 Å². The van der Waals surface area contributed by atoms with Crippen molar-refractivity contribution in [3.8, 4) is 17.3 Å². The molecule has 37 heavy (non-hydrogen) atoms. The van der Waals surface area contributed by atoms with Crippen LogP contribution in [0.3, 0.4) is 0 Å². The summed E-state index contributed by atoms with van der Waals surface area (Å²) in [5.74, 6) is 2.08. The van der Waals surface area contributed by atoms with E-state index in [-0.39, 0.29) is 12.7 Å². The molecular weight excluding hydrogens is 466 g/mol. The summed E-state index contributed by atoms with van der Waals surface area (Å²) in [6.07, 6.45) is 8.68. The molecule has 1 aromatic carbocycles. The highest BCUT2D eigenvalue weighted by molar-refractivity contribution is 5.93. The minimum atomic E-state index is -0.435. The van der Waals surface area contributed by atoms with Gasteiger partial charge in [0.25, 0.3) is 0 Å². The van der Waals surface area contributed by atoms with Gasteiger partial charge in [0.2, 0.25) is 5.88 Å². The van der Waals surface area contributed by atoms with Crippen molar-refractivity contribution in [1.82, 2.24) is 15.0 Å². The first-order valence-electron chi connectivity index (χ1n) is 14.0. The lowest BCUT2D eigenvalue weighted by atomic mass is 9.63. The Labute approximate surface area is 217 Å². The van der Waals surface area contributed by atoms with Gasteiger partial charge in [0.1, 0.15) is 6.10 Å². The Kier molecular flexibility index (Phi) is 5.90. The molecule has 1 spiro atoms. The lowest BCUT2D eigenvalue weighted by Gasteiger charge is -2.48. The van der Waals surface area contributed by atoms with Crippen molar-refractivity contribution in [3.63, 3.8) is 0 Å². The van der Waals surface area contributed by atoms with Gasteiger partial charge >= 0.3 is 0 Å². The number of para-hydroxylation sites is 1. The van der Waals surface area contributed by atoms with E-state index in [1.165, 1.54) is 18.4 Å². The second kappa shape index (κ2) is 9.29. The number of aliphatic hydroxyl groups is 1. The van der Waals surface area contributed by atoms with Crippen molar-refractivity contribution in [3.05, 3.63) is 47.3 Å². The second-order valence-electron chi connectivity index (χ2n) is 11.2. The number of fused-ring (bicyclic) bond motifs is 4. The molecule has 3 heterocycles. The minimum Gasteiger partial charge on any atom is -0.474 e. The lowest BCUT2D eigenvalue weighted by Crippen LogP contribution is -2.48. The molecule has 3 atom stereocenters. The fraction of sp³-hybridized carbons (Fsp3) is 0.567. The summed E-state index contributed by atoms with van der Waals surface area (Å²) in [5, 5.41) is 10.9. The highest BCUT2D eigenvalue weighted by Gasteiger charge is 2.53. The molecule has 3 unspecified atom stereocenters. The van der Waals surface area contributed by atoms with E-state index in [4.69, 9.17) is 24.2 Å². The Balaban J connectivity index is 1.36. The van der Waals surface area contributed by atoms with Crippen LogP contribution in [0, 0.1) is 11.8 Å². The van der Waals surface area contributed by atoms with Crippen LogP contribution in [-0.4, -0.2) is 45.2 Å².